The molecule has 8 nitrogen and oxygen atoms in total. The van der Waals surface area contributed by atoms with Gasteiger partial charge in [-0.3, -0.25) is 9.10 Å². The van der Waals surface area contributed by atoms with Gasteiger partial charge in [0.2, 0.25) is 10.0 Å². The molecule has 0 radical (unpaired) electrons. The quantitative estimate of drug-likeness (QED) is 0.639. The van der Waals surface area contributed by atoms with Crippen molar-refractivity contribution in [1.82, 2.24) is 14.9 Å². The number of rotatable bonds is 4. The second kappa shape index (κ2) is 10.7. The first-order chi connectivity index (χ1) is 14.4. The standard InChI is InChI=1S/C21H27N5O3S.2ClH/c1-3-17-13-16(2)20(23-14-17)24-8-10-25(11-9-24)21(27)18-5-6-19(22-15-18)26-7-4-12-30(26,28)29;;/h5-6,13-15H,3-4,7-12H2,1-2H3;2*1H. The normalized spacial score (nSPS) is 17.5. The van der Waals surface area contributed by atoms with E-state index in [0.29, 0.717) is 37.4 Å². The minimum Gasteiger partial charge on any atom is -0.353 e. The van der Waals surface area contributed by atoms with E-state index in [9.17, 15) is 13.2 Å². The minimum absolute atomic E-state index is 0. The van der Waals surface area contributed by atoms with Gasteiger partial charge in [0, 0.05) is 45.1 Å². The average molecular weight is 502 g/mol. The van der Waals surface area contributed by atoms with E-state index in [-0.39, 0.29) is 36.5 Å². The fourth-order valence-corrected chi connectivity index (χ4v) is 5.53. The van der Waals surface area contributed by atoms with Gasteiger partial charge in [-0.25, -0.2) is 18.4 Å². The Labute approximate surface area is 201 Å². The van der Waals surface area contributed by atoms with E-state index in [1.807, 2.05) is 11.1 Å². The van der Waals surface area contributed by atoms with Crippen molar-refractivity contribution in [3.8, 4) is 0 Å². The van der Waals surface area contributed by atoms with Gasteiger partial charge in [0.15, 0.2) is 0 Å². The van der Waals surface area contributed by atoms with Gasteiger partial charge in [-0.1, -0.05) is 13.0 Å². The molecule has 0 aromatic carbocycles. The van der Waals surface area contributed by atoms with Gasteiger partial charge in [0.25, 0.3) is 5.91 Å². The molecule has 0 bridgehead atoms. The molecule has 1 amide bonds. The number of nitrogens with zero attached hydrogens (tertiary/aromatic N) is 5. The maximum atomic E-state index is 12.9. The van der Waals surface area contributed by atoms with Crippen molar-refractivity contribution in [3.05, 3.63) is 47.3 Å². The van der Waals surface area contributed by atoms with Gasteiger partial charge < -0.3 is 9.80 Å². The molecule has 2 saturated heterocycles. The monoisotopic (exact) mass is 501 g/mol. The molecule has 11 heteroatoms. The zero-order valence-corrected chi connectivity index (χ0v) is 20.7. The fourth-order valence-electron chi connectivity index (χ4n) is 4.01. The van der Waals surface area contributed by atoms with Gasteiger partial charge >= 0.3 is 0 Å². The zero-order valence-electron chi connectivity index (χ0n) is 18.2. The van der Waals surface area contributed by atoms with Crippen molar-refractivity contribution in [2.24, 2.45) is 0 Å². The van der Waals surface area contributed by atoms with Crippen molar-refractivity contribution in [3.63, 3.8) is 0 Å². The van der Waals surface area contributed by atoms with E-state index in [4.69, 9.17) is 0 Å². The molecule has 2 aromatic rings. The molecule has 0 N–H and O–H groups in total. The van der Waals surface area contributed by atoms with E-state index in [1.165, 1.54) is 16.1 Å². The third-order valence-corrected chi connectivity index (χ3v) is 7.58. The molecule has 4 heterocycles. The van der Waals surface area contributed by atoms with Crippen LogP contribution in [0.3, 0.4) is 0 Å². The molecule has 2 aromatic heterocycles. The molecule has 4 rings (SSSR count). The van der Waals surface area contributed by atoms with Crippen LogP contribution in [0.25, 0.3) is 0 Å². The second-order valence-electron chi connectivity index (χ2n) is 7.76. The molecule has 2 aliphatic heterocycles. The predicted molar refractivity (Wildman–Crippen MR) is 131 cm³/mol. The highest BCUT2D eigenvalue weighted by Gasteiger charge is 2.30. The van der Waals surface area contributed by atoms with E-state index >= 15 is 0 Å². The lowest BCUT2D eigenvalue weighted by Crippen LogP contribution is -2.49. The average Bonchev–Trinajstić information content (AvgIpc) is 3.12. The lowest BCUT2D eigenvalue weighted by atomic mass is 10.1. The summed E-state index contributed by atoms with van der Waals surface area (Å²) in [7, 11) is -3.27. The van der Waals surface area contributed by atoms with E-state index < -0.39 is 10.0 Å². The van der Waals surface area contributed by atoms with Crippen LogP contribution >= 0.6 is 24.8 Å². The van der Waals surface area contributed by atoms with Crippen LogP contribution in [-0.2, 0) is 16.4 Å². The summed E-state index contributed by atoms with van der Waals surface area (Å²) in [4.78, 5) is 25.8. The Bertz CT molecular complexity index is 1040. The number of piperazine rings is 1. The summed E-state index contributed by atoms with van der Waals surface area (Å²) in [6.45, 7) is 7.30. The number of anilines is 2. The summed E-state index contributed by atoms with van der Waals surface area (Å²) >= 11 is 0. The predicted octanol–water partition coefficient (Wildman–Crippen LogP) is 2.69. The van der Waals surface area contributed by atoms with E-state index in [2.05, 4.69) is 34.8 Å². The van der Waals surface area contributed by atoms with Crippen LogP contribution in [0.2, 0.25) is 0 Å². The van der Waals surface area contributed by atoms with Gasteiger partial charge in [-0.15, -0.1) is 24.8 Å². The Morgan fingerprint density at radius 1 is 1.03 bits per heavy atom. The number of pyridine rings is 2. The Kier molecular flexibility index (Phi) is 8.73. The SMILES string of the molecule is CCc1cnc(N2CCN(C(=O)c3ccc(N4CCCS4(=O)=O)nc3)CC2)c(C)c1.Cl.Cl. The first-order valence-corrected chi connectivity index (χ1v) is 12.0. The number of amides is 1. The molecule has 2 aliphatic rings. The Morgan fingerprint density at radius 3 is 2.28 bits per heavy atom. The summed E-state index contributed by atoms with van der Waals surface area (Å²) in [5.74, 6) is 1.43. The Morgan fingerprint density at radius 2 is 1.75 bits per heavy atom. The number of carbonyl (C=O) groups excluding carboxylic acids is 1. The zero-order chi connectivity index (χ0) is 21.3. The maximum Gasteiger partial charge on any atom is 0.255 e. The van der Waals surface area contributed by atoms with Crippen molar-refractivity contribution in [2.75, 3.05) is 47.7 Å². The lowest BCUT2D eigenvalue weighted by Gasteiger charge is -2.36. The molecule has 0 aliphatic carbocycles. The summed E-state index contributed by atoms with van der Waals surface area (Å²) in [6.07, 6.45) is 4.97. The molecule has 0 saturated carbocycles. The highest BCUT2D eigenvalue weighted by Crippen LogP contribution is 2.23. The van der Waals surface area contributed by atoms with Gasteiger partial charge in [-0.2, -0.15) is 0 Å². The fraction of sp³-hybridized carbons (Fsp3) is 0.476. The molecule has 0 atom stereocenters. The highest BCUT2D eigenvalue weighted by atomic mass is 35.5. The number of hydrogen-bond donors (Lipinski definition) is 0. The van der Waals surface area contributed by atoms with Crippen molar-refractivity contribution in [2.45, 2.75) is 26.7 Å². The summed E-state index contributed by atoms with van der Waals surface area (Å²) in [6, 6.07) is 5.46. The molecule has 32 heavy (non-hydrogen) atoms. The number of aryl methyl sites for hydroxylation is 2. The number of halogens is 2. The second-order valence-corrected chi connectivity index (χ2v) is 9.78. The highest BCUT2D eigenvalue weighted by molar-refractivity contribution is 7.93. The maximum absolute atomic E-state index is 12.9. The Hall–Kier alpha value is -2.10. The molecular weight excluding hydrogens is 473 g/mol. The third-order valence-electron chi connectivity index (χ3n) is 5.73. The van der Waals surface area contributed by atoms with Gasteiger partial charge in [0.1, 0.15) is 11.6 Å². The first-order valence-electron chi connectivity index (χ1n) is 10.4. The van der Waals surface area contributed by atoms with E-state index in [1.54, 1.807) is 12.1 Å². The number of sulfonamides is 1. The molecule has 0 unspecified atom stereocenters. The molecule has 176 valence electrons. The summed E-state index contributed by atoms with van der Waals surface area (Å²) in [5.41, 5.74) is 2.86. The van der Waals surface area contributed by atoms with Gasteiger partial charge in [-0.05, 0) is 43.0 Å². The Balaban J connectivity index is 0.00000181. The van der Waals surface area contributed by atoms with Crippen LogP contribution in [0.5, 0.6) is 0 Å². The van der Waals surface area contributed by atoms with Crippen molar-refractivity contribution < 1.29 is 13.2 Å². The molecule has 2 fully saturated rings. The number of hydrogen-bond acceptors (Lipinski definition) is 6. The van der Waals surface area contributed by atoms with Crippen LogP contribution in [0.1, 0.15) is 34.8 Å². The summed E-state index contributed by atoms with van der Waals surface area (Å²) in [5, 5.41) is 0. The number of aromatic nitrogens is 2. The largest absolute Gasteiger partial charge is 0.353 e. The topological polar surface area (TPSA) is 86.7 Å². The molecular formula is C21H29Cl2N5O3S. The third kappa shape index (κ3) is 5.27. The van der Waals surface area contributed by atoms with Crippen LogP contribution in [0, 0.1) is 6.92 Å². The van der Waals surface area contributed by atoms with Crippen LogP contribution in [0.4, 0.5) is 11.6 Å². The van der Waals surface area contributed by atoms with Crippen molar-refractivity contribution in [1.29, 1.82) is 0 Å². The van der Waals surface area contributed by atoms with Crippen LogP contribution in [-0.4, -0.2) is 67.7 Å². The smallest absolute Gasteiger partial charge is 0.255 e. The van der Waals surface area contributed by atoms with Crippen LogP contribution in [0.15, 0.2) is 30.6 Å². The first kappa shape index (κ1) is 26.2. The van der Waals surface area contributed by atoms with E-state index in [0.717, 1.165) is 30.9 Å². The van der Waals surface area contributed by atoms with Gasteiger partial charge in [0.05, 0.1) is 11.3 Å². The molecule has 0 spiro atoms. The minimum atomic E-state index is -3.27. The number of carbonyl (C=O) groups is 1. The summed E-state index contributed by atoms with van der Waals surface area (Å²) < 4.78 is 25.4. The van der Waals surface area contributed by atoms with Crippen LogP contribution < -0.4 is 9.21 Å². The lowest BCUT2D eigenvalue weighted by molar-refractivity contribution is 0.0746. The van der Waals surface area contributed by atoms with Crippen molar-refractivity contribution >= 4 is 52.4 Å².